The summed E-state index contributed by atoms with van der Waals surface area (Å²) in [6.07, 6.45) is 7.78. The van der Waals surface area contributed by atoms with Gasteiger partial charge in [-0.05, 0) is 23.8 Å². The highest BCUT2D eigenvalue weighted by Crippen LogP contribution is 2.11. The molecule has 1 aliphatic heterocycles. The molecule has 1 aromatic heterocycles. The molecule has 0 saturated carbocycles. The Kier molecular flexibility index (Phi) is 2.91. The van der Waals surface area contributed by atoms with Crippen LogP contribution in [0.15, 0.2) is 42.4 Å². The number of ketones is 1. The number of nitrogens with zero attached hydrogens (tertiary/aromatic N) is 1. The summed E-state index contributed by atoms with van der Waals surface area (Å²) in [6, 6.07) is 3.66. The molecule has 0 N–H and O–H groups in total. The Balaban J connectivity index is 2.13. The molecule has 0 fully saturated rings. The number of ether oxygens (including phenoxy) is 1. The molecular formula is C12H9NO3. The Labute approximate surface area is 92.3 Å². The number of pyridine rings is 1. The van der Waals surface area contributed by atoms with Crippen LogP contribution in [0, 0.1) is 0 Å². The molecule has 80 valence electrons. The smallest absolute Gasteiger partial charge is 0.319 e. The number of rotatable bonds is 2. The minimum atomic E-state index is -0.515. The number of hydrogen-bond acceptors (Lipinski definition) is 4. The first-order chi connectivity index (χ1) is 7.74. The average molecular weight is 215 g/mol. The maximum atomic E-state index is 11.1. The lowest BCUT2D eigenvalue weighted by Crippen LogP contribution is -2.15. The summed E-state index contributed by atoms with van der Waals surface area (Å²) >= 11 is 0. The van der Waals surface area contributed by atoms with Gasteiger partial charge in [-0.15, -0.1) is 0 Å². The lowest BCUT2D eigenvalue weighted by atomic mass is 10.2. The highest BCUT2D eigenvalue weighted by molar-refractivity contribution is 6.04. The molecule has 0 aliphatic carbocycles. The van der Waals surface area contributed by atoms with E-state index in [0.29, 0.717) is 0 Å². The van der Waals surface area contributed by atoms with Gasteiger partial charge >= 0.3 is 5.97 Å². The van der Waals surface area contributed by atoms with Crippen molar-refractivity contribution in [3.63, 3.8) is 0 Å². The van der Waals surface area contributed by atoms with Crippen LogP contribution in [-0.2, 0) is 14.3 Å². The topological polar surface area (TPSA) is 56.3 Å². The van der Waals surface area contributed by atoms with E-state index in [-0.39, 0.29) is 18.0 Å². The Morgan fingerprint density at radius 1 is 1.31 bits per heavy atom. The molecule has 0 spiro atoms. The van der Waals surface area contributed by atoms with Crippen LogP contribution >= 0.6 is 0 Å². The van der Waals surface area contributed by atoms with E-state index in [2.05, 4.69) is 4.98 Å². The number of carbonyl (C=O) groups is 2. The van der Waals surface area contributed by atoms with E-state index in [1.165, 1.54) is 6.08 Å². The second kappa shape index (κ2) is 4.53. The van der Waals surface area contributed by atoms with Crippen molar-refractivity contribution in [2.45, 2.75) is 6.42 Å². The zero-order valence-electron chi connectivity index (χ0n) is 8.42. The molecule has 16 heavy (non-hydrogen) atoms. The van der Waals surface area contributed by atoms with Gasteiger partial charge in [0, 0.05) is 18.5 Å². The predicted molar refractivity (Wildman–Crippen MR) is 57.1 cm³/mol. The van der Waals surface area contributed by atoms with Gasteiger partial charge in [-0.3, -0.25) is 14.6 Å². The van der Waals surface area contributed by atoms with Crippen molar-refractivity contribution in [1.82, 2.24) is 4.98 Å². The van der Waals surface area contributed by atoms with Gasteiger partial charge in [-0.1, -0.05) is 6.07 Å². The monoisotopic (exact) mass is 215 g/mol. The molecule has 4 heteroatoms. The first-order valence-corrected chi connectivity index (χ1v) is 4.77. The van der Waals surface area contributed by atoms with Crippen LogP contribution in [-0.4, -0.2) is 16.7 Å². The van der Waals surface area contributed by atoms with Crippen LogP contribution in [0.4, 0.5) is 0 Å². The maximum absolute atomic E-state index is 11.1. The second-order valence-electron chi connectivity index (χ2n) is 3.28. The number of aromatic nitrogens is 1. The van der Waals surface area contributed by atoms with Gasteiger partial charge in [0.05, 0.1) is 0 Å². The van der Waals surface area contributed by atoms with E-state index in [1.54, 1.807) is 30.6 Å². The van der Waals surface area contributed by atoms with E-state index in [4.69, 9.17) is 4.74 Å². The lowest BCUT2D eigenvalue weighted by Gasteiger charge is -2.08. The normalized spacial score (nSPS) is 16.1. The molecule has 4 nitrogen and oxygen atoms in total. The molecule has 0 bridgehead atoms. The van der Waals surface area contributed by atoms with Crippen LogP contribution in [0.1, 0.15) is 12.0 Å². The Morgan fingerprint density at radius 2 is 2.19 bits per heavy atom. The zero-order chi connectivity index (χ0) is 11.4. The van der Waals surface area contributed by atoms with E-state index >= 15 is 0 Å². The van der Waals surface area contributed by atoms with Crippen molar-refractivity contribution in [3.8, 4) is 0 Å². The molecule has 0 unspecified atom stereocenters. The van der Waals surface area contributed by atoms with Gasteiger partial charge < -0.3 is 4.74 Å². The number of hydrogen-bond donors (Lipinski definition) is 0. The van der Waals surface area contributed by atoms with Gasteiger partial charge in [-0.2, -0.15) is 0 Å². The Bertz CT molecular complexity index is 474. The van der Waals surface area contributed by atoms with Crippen molar-refractivity contribution in [2.24, 2.45) is 0 Å². The molecule has 1 aromatic rings. The quantitative estimate of drug-likeness (QED) is 0.554. The minimum Gasteiger partial charge on any atom is -0.426 e. The highest BCUT2D eigenvalue weighted by Gasteiger charge is 2.16. The fourth-order valence-corrected chi connectivity index (χ4v) is 1.28. The molecular weight excluding hydrogens is 206 g/mol. The van der Waals surface area contributed by atoms with Gasteiger partial charge in [0.15, 0.2) is 5.78 Å². The van der Waals surface area contributed by atoms with Gasteiger partial charge in [-0.25, -0.2) is 0 Å². The number of allylic oxidation sites excluding steroid dienone is 2. The number of esters is 1. The van der Waals surface area contributed by atoms with Crippen molar-refractivity contribution < 1.29 is 14.3 Å². The molecule has 0 saturated heterocycles. The SMILES string of the molecule is O=C1C=C(/C=C/c2cccnc2)OC(=O)C1. The highest BCUT2D eigenvalue weighted by atomic mass is 16.5. The number of carbonyl (C=O) groups excluding carboxylic acids is 2. The second-order valence-corrected chi connectivity index (χ2v) is 3.28. The van der Waals surface area contributed by atoms with Crippen LogP contribution in [0.2, 0.25) is 0 Å². The summed E-state index contributed by atoms with van der Waals surface area (Å²) in [7, 11) is 0. The third-order valence-corrected chi connectivity index (χ3v) is 1.98. The van der Waals surface area contributed by atoms with Crippen LogP contribution < -0.4 is 0 Å². The maximum Gasteiger partial charge on any atom is 0.319 e. The standard InChI is InChI=1S/C12H9NO3/c14-10-6-11(16-12(15)7-10)4-3-9-2-1-5-13-8-9/h1-6,8H,7H2/b4-3+. The summed E-state index contributed by atoms with van der Waals surface area (Å²) in [4.78, 5) is 26.0. The van der Waals surface area contributed by atoms with Crippen LogP contribution in [0.25, 0.3) is 6.08 Å². The fourth-order valence-electron chi connectivity index (χ4n) is 1.28. The summed E-state index contributed by atoms with van der Waals surface area (Å²) in [5.41, 5.74) is 0.873. The first-order valence-electron chi connectivity index (χ1n) is 4.77. The van der Waals surface area contributed by atoms with Crippen molar-refractivity contribution in [3.05, 3.63) is 48.0 Å². The van der Waals surface area contributed by atoms with Crippen molar-refractivity contribution in [2.75, 3.05) is 0 Å². The summed E-state index contributed by atoms with van der Waals surface area (Å²) in [6.45, 7) is 0. The third kappa shape index (κ3) is 2.63. The van der Waals surface area contributed by atoms with Gasteiger partial charge in [0.1, 0.15) is 12.2 Å². The third-order valence-electron chi connectivity index (χ3n) is 1.98. The first kappa shape index (κ1) is 10.3. The summed E-state index contributed by atoms with van der Waals surface area (Å²) in [5, 5.41) is 0. The van der Waals surface area contributed by atoms with Crippen molar-refractivity contribution in [1.29, 1.82) is 0 Å². The zero-order valence-corrected chi connectivity index (χ0v) is 8.42. The summed E-state index contributed by atoms with van der Waals surface area (Å²) < 4.78 is 4.87. The Hall–Kier alpha value is -2.23. The Morgan fingerprint density at radius 3 is 2.88 bits per heavy atom. The average Bonchev–Trinajstić information content (AvgIpc) is 2.27. The van der Waals surface area contributed by atoms with E-state index in [9.17, 15) is 9.59 Å². The molecule has 0 aromatic carbocycles. The molecule has 0 atom stereocenters. The van der Waals surface area contributed by atoms with Crippen LogP contribution in [0.3, 0.4) is 0 Å². The van der Waals surface area contributed by atoms with E-state index < -0.39 is 5.97 Å². The van der Waals surface area contributed by atoms with E-state index in [1.807, 2.05) is 6.07 Å². The number of cyclic esters (lactones) is 1. The summed E-state index contributed by atoms with van der Waals surface area (Å²) in [5.74, 6) is -0.481. The van der Waals surface area contributed by atoms with E-state index in [0.717, 1.165) is 5.56 Å². The predicted octanol–water partition coefficient (Wildman–Crippen LogP) is 1.49. The molecule has 2 heterocycles. The molecule has 0 amide bonds. The van der Waals surface area contributed by atoms with Crippen molar-refractivity contribution >= 4 is 17.8 Å². The van der Waals surface area contributed by atoms with Gasteiger partial charge in [0.2, 0.25) is 0 Å². The van der Waals surface area contributed by atoms with Crippen LogP contribution in [0.5, 0.6) is 0 Å². The largest absolute Gasteiger partial charge is 0.426 e. The molecule has 1 aliphatic rings. The molecule has 2 rings (SSSR count). The minimum absolute atomic E-state index is 0.176. The molecule has 0 radical (unpaired) electrons. The lowest BCUT2D eigenvalue weighted by molar-refractivity contribution is -0.142. The fraction of sp³-hybridized carbons (Fsp3) is 0.0833. The van der Waals surface area contributed by atoms with Gasteiger partial charge in [0.25, 0.3) is 0 Å².